The standard InChI is InChI=1S/C12H10N2O6S/c15-10-4-2-1-3-9(10)12(16)14-13-7-8-5-6-11(20-8)21(17,18)19/h1-7,15H,(H,14,16)(H,17,18,19)/b13-7+. The van der Waals surface area contributed by atoms with Gasteiger partial charge < -0.3 is 9.52 Å². The number of hydrogen-bond acceptors (Lipinski definition) is 6. The quantitative estimate of drug-likeness (QED) is 0.439. The maximum atomic E-state index is 11.7. The van der Waals surface area contributed by atoms with Gasteiger partial charge in [0.15, 0.2) is 0 Å². The van der Waals surface area contributed by atoms with E-state index < -0.39 is 21.1 Å². The molecule has 2 aromatic rings. The van der Waals surface area contributed by atoms with E-state index in [0.717, 1.165) is 12.3 Å². The van der Waals surface area contributed by atoms with Crippen molar-refractivity contribution in [3.05, 3.63) is 47.7 Å². The van der Waals surface area contributed by atoms with Crippen molar-refractivity contribution in [2.24, 2.45) is 5.10 Å². The van der Waals surface area contributed by atoms with Gasteiger partial charge in [-0.1, -0.05) is 12.1 Å². The van der Waals surface area contributed by atoms with Crippen LogP contribution in [0.3, 0.4) is 0 Å². The molecule has 0 unspecified atom stereocenters. The molecule has 0 atom stereocenters. The Morgan fingerprint density at radius 3 is 2.57 bits per heavy atom. The summed E-state index contributed by atoms with van der Waals surface area (Å²) < 4.78 is 35.0. The molecule has 2 rings (SSSR count). The lowest BCUT2D eigenvalue weighted by atomic mass is 10.2. The fourth-order valence-electron chi connectivity index (χ4n) is 1.42. The van der Waals surface area contributed by atoms with Crippen molar-refractivity contribution in [2.75, 3.05) is 0 Å². The zero-order valence-electron chi connectivity index (χ0n) is 10.4. The molecule has 110 valence electrons. The van der Waals surface area contributed by atoms with Crippen LogP contribution in [0, 0.1) is 0 Å². The Kier molecular flexibility index (Phi) is 4.05. The normalized spacial score (nSPS) is 11.7. The van der Waals surface area contributed by atoms with E-state index in [0.29, 0.717) is 0 Å². The van der Waals surface area contributed by atoms with Gasteiger partial charge in [-0.3, -0.25) is 9.35 Å². The third kappa shape index (κ3) is 3.68. The molecular formula is C12H10N2O6S. The van der Waals surface area contributed by atoms with Gasteiger partial charge in [0.25, 0.3) is 5.91 Å². The zero-order chi connectivity index (χ0) is 15.5. The smallest absolute Gasteiger partial charge is 0.328 e. The van der Waals surface area contributed by atoms with Crippen LogP contribution < -0.4 is 5.43 Å². The van der Waals surface area contributed by atoms with Gasteiger partial charge in [0.05, 0.1) is 11.8 Å². The third-order valence-corrected chi connectivity index (χ3v) is 3.09. The number of hydrazone groups is 1. The minimum absolute atomic E-state index is 0.0141. The maximum absolute atomic E-state index is 11.7. The number of amides is 1. The first-order valence-corrected chi connectivity index (χ1v) is 7.00. The second-order valence-electron chi connectivity index (χ2n) is 3.85. The summed E-state index contributed by atoms with van der Waals surface area (Å²) in [4.78, 5) is 11.7. The average Bonchev–Trinajstić information content (AvgIpc) is 2.88. The molecule has 0 aliphatic heterocycles. The monoisotopic (exact) mass is 310 g/mol. The number of hydrogen-bond donors (Lipinski definition) is 3. The highest BCUT2D eigenvalue weighted by Crippen LogP contribution is 2.15. The van der Waals surface area contributed by atoms with Crippen molar-refractivity contribution in [1.29, 1.82) is 0 Å². The summed E-state index contributed by atoms with van der Waals surface area (Å²) in [5.74, 6) is -0.831. The van der Waals surface area contributed by atoms with E-state index in [2.05, 4.69) is 10.5 Å². The molecule has 0 radical (unpaired) electrons. The number of furan rings is 1. The fourth-order valence-corrected chi connectivity index (χ4v) is 1.86. The zero-order valence-corrected chi connectivity index (χ0v) is 11.2. The molecule has 0 fully saturated rings. The van der Waals surface area contributed by atoms with Crippen molar-refractivity contribution in [1.82, 2.24) is 5.43 Å². The van der Waals surface area contributed by atoms with Crippen LogP contribution in [0.1, 0.15) is 16.1 Å². The molecule has 1 heterocycles. The Morgan fingerprint density at radius 2 is 1.95 bits per heavy atom. The second kappa shape index (κ2) is 5.77. The molecular weight excluding hydrogens is 300 g/mol. The molecule has 0 spiro atoms. The van der Waals surface area contributed by atoms with Gasteiger partial charge in [-0.15, -0.1) is 0 Å². The minimum Gasteiger partial charge on any atom is -0.507 e. The van der Waals surface area contributed by atoms with Crippen LogP contribution in [0.15, 0.2) is 51.0 Å². The highest BCUT2D eigenvalue weighted by Gasteiger charge is 2.14. The molecule has 1 aromatic carbocycles. The molecule has 21 heavy (non-hydrogen) atoms. The molecule has 0 aliphatic carbocycles. The molecule has 0 bridgehead atoms. The van der Waals surface area contributed by atoms with Gasteiger partial charge in [-0.25, -0.2) is 5.43 Å². The molecule has 9 heteroatoms. The summed E-state index contributed by atoms with van der Waals surface area (Å²) in [5.41, 5.74) is 2.17. The lowest BCUT2D eigenvalue weighted by Crippen LogP contribution is -2.17. The molecule has 3 N–H and O–H groups in total. The van der Waals surface area contributed by atoms with Crippen LogP contribution in [-0.4, -0.2) is 30.2 Å². The number of carbonyl (C=O) groups is 1. The van der Waals surface area contributed by atoms with Crippen LogP contribution in [0.5, 0.6) is 5.75 Å². The van der Waals surface area contributed by atoms with Gasteiger partial charge in [-0.2, -0.15) is 13.5 Å². The summed E-state index contributed by atoms with van der Waals surface area (Å²) >= 11 is 0. The topological polar surface area (TPSA) is 129 Å². The van der Waals surface area contributed by atoms with Crippen LogP contribution >= 0.6 is 0 Å². The molecule has 0 saturated heterocycles. The second-order valence-corrected chi connectivity index (χ2v) is 5.20. The highest BCUT2D eigenvalue weighted by atomic mass is 32.2. The molecule has 1 amide bonds. The number of carbonyl (C=O) groups excluding carboxylic acids is 1. The Bertz CT molecular complexity index is 794. The highest BCUT2D eigenvalue weighted by molar-refractivity contribution is 7.85. The van der Waals surface area contributed by atoms with Crippen LogP contribution in [0.4, 0.5) is 0 Å². The lowest BCUT2D eigenvalue weighted by Gasteiger charge is -2.01. The number of benzene rings is 1. The van der Waals surface area contributed by atoms with Gasteiger partial charge in [0.1, 0.15) is 11.5 Å². The number of para-hydroxylation sites is 1. The molecule has 1 aromatic heterocycles. The van der Waals surface area contributed by atoms with Crippen molar-refractivity contribution < 1.29 is 27.3 Å². The van der Waals surface area contributed by atoms with Crippen LogP contribution in [0.25, 0.3) is 0 Å². The number of nitrogens with one attached hydrogen (secondary N) is 1. The van der Waals surface area contributed by atoms with Crippen molar-refractivity contribution in [3.63, 3.8) is 0 Å². The van der Waals surface area contributed by atoms with E-state index in [4.69, 9.17) is 8.97 Å². The van der Waals surface area contributed by atoms with Gasteiger partial charge in [-0.05, 0) is 24.3 Å². The van der Waals surface area contributed by atoms with E-state index in [1.54, 1.807) is 12.1 Å². The number of aromatic hydroxyl groups is 1. The first-order chi connectivity index (χ1) is 9.88. The van der Waals surface area contributed by atoms with Crippen molar-refractivity contribution in [2.45, 2.75) is 5.09 Å². The molecule has 0 aliphatic rings. The van der Waals surface area contributed by atoms with Crippen molar-refractivity contribution >= 4 is 22.2 Å². The Labute approximate surface area is 119 Å². The number of rotatable bonds is 4. The van der Waals surface area contributed by atoms with Crippen molar-refractivity contribution in [3.8, 4) is 5.75 Å². The van der Waals surface area contributed by atoms with E-state index >= 15 is 0 Å². The van der Waals surface area contributed by atoms with Crippen LogP contribution in [0.2, 0.25) is 0 Å². The first-order valence-electron chi connectivity index (χ1n) is 5.56. The third-order valence-electron chi connectivity index (χ3n) is 2.36. The van der Waals surface area contributed by atoms with Gasteiger partial charge in [0, 0.05) is 0 Å². The first kappa shape index (κ1) is 14.8. The average molecular weight is 310 g/mol. The lowest BCUT2D eigenvalue weighted by molar-refractivity contribution is 0.0952. The number of phenolic OH excluding ortho intramolecular Hbond substituents is 1. The van der Waals surface area contributed by atoms with Gasteiger partial charge in [0.2, 0.25) is 5.09 Å². The Hall–Kier alpha value is -2.65. The largest absolute Gasteiger partial charge is 0.507 e. The Balaban J connectivity index is 2.05. The summed E-state index contributed by atoms with van der Waals surface area (Å²) in [6, 6.07) is 8.19. The Morgan fingerprint density at radius 1 is 1.24 bits per heavy atom. The summed E-state index contributed by atoms with van der Waals surface area (Å²) in [5, 5.41) is 12.4. The van der Waals surface area contributed by atoms with E-state index in [1.165, 1.54) is 18.2 Å². The van der Waals surface area contributed by atoms with E-state index in [1.807, 2.05) is 0 Å². The van der Waals surface area contributed by atoms with E-state index in [9.17, 15) is 18.3 Å². The van der Waals surface area contributed by atoms with Gasteiger partial charge >= 0.3 is 10.1 Å². The maximum Gasteiger partial charge on any atom is 0.328 e. The predicted molar refractivity (Wildman–Crippen MR) is 71.7 cm³/mol. The SMILES string of the molecule is O=C(N/N=C/c1ccc(S(=O)(=O)O)o1)c1ccccc1O. The van der Waals surface area contributed by atoms with E-state index in [-0.39, 0.29) is 17.1 Å². The molecule has 8 nitrogen and oxygen atoms in total. The molecule has 0 saturated carbocycles. The predicted octanol–water partition coefficient (Wildman–Crippen LogP) is 0.996. The summed E-state index contributed by atoms with van der Waals surface area (Å²) in [6.45, 7) is 0. The summed E-state index contributed by atoms with van der Waals surface area (Å²) in [6.07, 6.45) is 1.05. The fraction of sp³-hybridized carbons (Fsp3) is 0. The van der Waals surface area contributed by atoms with Crippen LogP contribution in [-0.2, 0) is 10.1 Å². The number of phenols is 1. The number of nitrogens with zero attached hydrogens (tertiary/aromatic N) is 1. The minimum atomic E-state index is -4.42. The summed E-state index contributed by atoms with van der Waals surface area (Å²) in [7, 11) is -4.42.